The first-order valence-corrected chi connectivity index (χ1v) is 13.6. The fraction of sp³-hybridized carbons (Fsp3) is 0.172. The molecule has 0 saturated carbocycles. The number of ether oxygens (including phenoxy) is 1. The summed E-state index contributed by atoms with van der Waals surface area (Å²) in [6.07, 6.45) is 0. The maximum absolute atomic E-state index is 13.6. The van der Waals surface area contributed by atoms with Crippen molar-refractivity contribution >= 4 is 21.8 Å². The van der Waals surface area contributed by atoms with E-state index in [9.17, 15) is 13.2 Å². The fourth-order valence-electron chi connectivity index (χ4n) is 3.92. The molecule has 0 radical (unpaired) electrons. The van der Waals surface area contributed by atoms with Gasteiger partial charge in [0.15, 0.2) is 0 Å². The zero-order chi connectivity index (χ0) is 27.0. The van der Waals surface area contributed by atoms with Gasteiger partial charge in [0.2, 0.25) is 10.0 Å². The van der Waals surface area contributed by atoms with Gasteiger partial charge in [-0.15, -0.1) is 0 Å². The Labute approximate surface area is 222 Å². The summed E-state index contributed by atoms with van der Waals surface area (Å²) in [5.41, 5.74) is 3.30. The van der Waals surface area contributed by atoms with Crippen LogP contribution in [-0.2, 0) is 27.9 Å². The topological polar surface area (TPSA) is 109 Å². The molecule has 1 aromatic heterocycles. The highest BCUT2D eigenvalue weighted by atomic mass is 32.2. The number of hydrogen-bond acceptors (Lipinski definition) is 6. The number of nitrogens with one attached hydrogen (secondary N) is 1. The Morgan fingerprint density at radius 3 is 2.34 bits per heavy atom. The number of nitrogens with zero attached hydrogens (tertiary/aromatic N) is 2. The number of hydrogen-bond donors (Lipinski definition) is 2. The first kappa shape index (κ1) is 26.8. The van der Waals surface area contributed by atoms with Gasteiger partial charge in [-0.25, -0.2) is 13.4 Å². The molecule has 2 N–H and O–H groups in total. The summed E-state index contributed by atoms with van der Waals surface area (Å²) in [4.78, 5) is 15.5. The third-order valence-corrected chi connectivity index (χ3v) is 7.54. The lowest BCUT2D eigenvalue weighted by Gasteiger charge is -2.22. The van der Waals surface area contributed by atoms with E-state index in [2.05, 4.69) is 10.3 Å². The largest absolute Gasteiger partial charge is 0.494 e. The number of sulfonamides is 1. The second-order valence-corrected chi connectivity index (χ2v) is 10.4. The number of pyridine rings is 1. The van der Waals surface area contributed by atoms with Crippen LogP contribution >= 0.6 is 0 Å². The Balaban J connectivity index is 1.60. The van der Waals surface area contributed by atoms with Gasteiger partial charge >= 0.3 is 5.97 Å². The molecule has 0 amide bonds. The molecule has 0 atom stereocenters. The van der Waals surface area contributed by atoms with Gasteiger partial charge in [0, 0.05) is 6.54 Å². The van der Waals surface area contributed by atoms with E-state index in [1.54, 1.807) is 48.5 Å². The maximum atomic E-state index is 13.6. The summed E-state index contributed by atoms with van der Waals surface area (Å²) in [5, 5.41) is 11.7. The number of benzene rings is 3. The molecule has 0 aliphatic carbocycles. The van der Waals surface area contributed by atoms with Gasteiger partial charge < -0.3 is 15.2 Å². The van der Waals surface area contributed by atoms with E-state index >= 15 is 0 Å². The number of carboxylic acids is 1. The lowest BCUT2D eigenvalue weighted by molar-refractivity contribution is -0.134. The third-order valence-electron chi connectivity index (χ3n) is 5.74. The van der Waals surface area contributed by atoms with Crippen molar-refractivity contribution in [1.82, 2.24) is 9.29 Å². The van der Waals surface area contributed by atoms with E-state index < -0.39 is 16.0 Å². The number of carboxylic acid groups (broad SMARTS) is 1. The Bertz CT molecular complexity index is 1480. The zero-order valence-corrected chi connectivity index (χ0v) is 21.8. The molecule has 9 heteroatoms. The Hall–Kier alpha value is -4.21. The van der Waals surface area contributed by atoms with Crippen molar-refractivity contribution in [3.63, 3.8) is 0 Å². The lowest BCUT2D eigenvalue weighted by Crippen LogP contribution is -2.30. The number of aliphatic carboxylic acids is 1. The Morgan fingerprint density at radius 1 is 0.895 bits per heavy atom. The standard InChI is InChI=1S/C29H29N3O5S/c1-2-37-26-10-6-8-24(18-26)23-16-14-22(15-17-23)20-32(38(35,36)27-11-4-3-5-12-27)21-25-9-7-13-28(31-25)30-19-29(33)34/h3-18H,2,19-21H2,1H3,(H,30,31)(H,33,34). The van der Waals surface area contributed by atoms with E-state index in [0.29, 0.717) is 18.1 Å². The first-order valence-electron chi connectivity index (χ1n) is 12.1. The van der Waals surface area contributed by atoms with Gasteiger partial charge in [-0.05, 0) is 60.0 Å². The number of carbonyl (C=O) groups is 1. The predicted octanol–water partition coefficient (Wildman–Crippen LogP) is 5.03. The van der Waals surface area contributed by atoms with Crippen molar-refractivity contribution in [2.45, 2.75) is 24.9 Å². The Kier molecular flexibility index (Phi) is 8.73. The zero-order valence-electron chi connectivity index (χ0n) is 20.9. The summed E-state index contributed by atoms with van der Waals surface area (Å²) < 4.78 is 34.2. The molecule has 0 saturated heterocycles. The monoisotopic (exact) mass is 531 g/mol. The van der Waals surface area contributed by atoms with Crippen molar-refractivity contribution < 1.29 is 23.1 Å². The molecular weight excluding hydrogens is 502 g/mol. The van der Waals surface area contributed by atoms with Gasteiger partial charge in [0.25, 0.3) is 0 Å². The fourth-order valence-corrected chi connectivity index (χ4v) is 5.34. The van der Waals surface area contributed by atoms with Crippen LogP contribution in [0.1, 0.15) is 18.2 Å². The van der Waals surface area contributed by atoms with Gasteiger partial charge in [0.1, 0.15) is 18.1 Å². The average molecular weight is 532 g/mol. The van der Waals surface area contributed by atoms with Crippen molar-refractivity contribution in [3.8, 4) is 16.9 Å². The highest BCUT2D eigenvalue weighted by molar-refractivity contribution is 7.89. The number of rotatable bonds is 12. The van der Waals surface area contributed by atoms with Crippen LogP contribution < -0.4 is 10.1 Å². The van der Waals surface area contributed by atoms with E-state index in [0.717, 1.165) is 22.4 Å². The van der Waals surface area contributed by atoms with Gasteiger partial charge in [-0.1, -0.05) is 60.7 Å². The van der Waals surface area contributed by atoms with Crippen LogP contribution in [0, 0.1) is 0 Å². The van der Waals surface area contributed by atoms with Crippen LogP contribution in [0.15, 0.2) is 102 Å². The SMILES string of the molecule is CCOc1cccc(-c2ccc(CN(Cc3cccc(NCC(=O)O)n3)S(=O)(=O)c3ccccc3)cc2)c1. The summed E-state index contributed by atoms with van der Waals surface area (Å²) in [7, 11) is -3.85. The van der Waals surface area contributed by atoms with E-state index in [-0.39, 0.29) is 24.5 Å². The second-order valence-electron chi connectivity index (χ2n) is 8.51. The van der Waals surface area contributed by atoms with Crippen molar-refractivity contribution in [2.24, 2.45) is 0 Å². The molecule has 1 heterocycles. The van der Waals surface area contributed by atoms with Crippen molar-refractivity contribution in [1.29, 1.82) is 0 Å². The molecule has 0 unspecified atom stereocenters. The molecule has 4 aromatic rings. The van der Waals surface area contributed by atoms with Crippen LogP contribution in [0.25, 0.3) is 11.1 Å². The molecule has 0 aliphatic rings. The summed E-state index contributed by atoms with van der Waals surface area (Å²) in [5.74, 6) is 0.140. The highest BCUT2D eigenvalue weighted by Gasteiger charge is 2.25. The van der Waals surface area contributed by atoms with Crippen LogP contribution in [0.5, 0.6) is 5.75 Å². The minimum Gasteiger partial charge on any atom is -0.494 e. The summed E-state index contributed by atoms with van der Waals surface area (Å²) in [6, 6.07) is 28.9. The average Bonchev–Trinajstić information content (AvgIpc) is 2.93. The summed E-state index contributed by atoms with van der Waals surface area (Å²) in [6.45, 7) is 2.38. The molecular formula is C29H29N3O5S. The van der Waals surface area contributed by atoms with E-state index in [1.165, 1.54) is 4.31 Å². The quantitative estimate of drug-likeness (QED) is 0.264. The van der Waals surface area contributed by atoms with Crippen LogP contribution in [0.3, 0.4) is 0 Å². The molecule has 0 spiro atoms. The molecule has 0 bridgehead atoms. The first-order chi connectivity index (χ1) is 18.3. The third kappa shape index (κ3) is 6.96. The highest BCUT2D eigenvalue weighted by Crippen LogP contribution is 2.26. The second kappa shape index (κ2) is 12.4. The van der Waals surface area contributed by atoms with Crippen LogP contribution in [0.2, 0.25) is 0 Å². The molecule has 0 fully saturated rings. The van der Waals surface area contributed by atoms with Crippen molar-refractivity contribution in [2.75, 3.05) is 18.5 Å². The van der Waals surface area contributed by atoms with Gasteiger partial charge in [-0.3, -0.25) is 4.79 Å². The molecule has 38 heavy (non-hydrogen) atoms. The van der Waals surface area contributed by atoms with Gasteiger partial charge in [0.05, 0.1) is 23.7 Å². The molecule has 8 nitrogen and oxygen atoms in total. The molecule has 0 aliphatic heterocycles. The maximum Gasteiger partial charge on any atom is 0.322 e. The predicted molar refractivity (Wildman–Crippen MR) is 146 cm³/mol. The Morgan fingerprint density at radius 2 is 1.63 bits per heavy atom. The molecule has 4 rings (SSSR count). The van der Waals surface area contributed by atoms with Crippen LogP contribution in [0.4, 0.5) is 5.82 Å². The normalized spacial score (nSPS) is 11.3. The van der Waals surface area contributed by atoms with Crippen LogP contribution in [-0.4, -0.2) is 41.9 Å². The minimum absolute atomic E-state index is 0.0119. The van der Waals surface area contributed by atoms with Gasteiger partial charge in [-0.2, -0.15) is 4.31 Å². The number of anilines is 1. The minimum atomic E-state index is -3.85. The summed E-state index contributed by atoms with van der Waals surface area (Å²) >= 11 is 0. The molecule has 3 aromatic carbocycles. The van der Waals surface area contributed by atoms with E-state index in [4.69, 9.17) is 9.84 Å². The number of aromatic nitrogens is 1. The smallest absolute Gasteiger partial charge is 0.322 e. The van der Waals surface area contributed by atoms with Crippen molar-refractivity contribution in [3.05, 3.63) is 108 Å². The lowest BCUT2D eigenvalue weighted by atomic mass is 10.0. The van der Waals surface area contributed by atoms with E-state index in [1.807, 2.05) is 55.5 Å². The molecule has 196 valence electrons.